The van der Waals surface area contributed by atoms with Gasteiger partial charge in [0.1, 0.15) is 0 Å². The van der Waals surface area contributed by atoms with Crippen molar-refractivity contribution in [1.82, 2.24) is 2.84 Å². The first-order valence-corrected chi connectivity index (χ1v) is 21.1. The third-order valence-electron chi connectivity index (χ3n) is 10.1. The van der Waals surface area contributed by atoms with Gasteiger partial charge in [0.2, 0.25) is 0 Å². The number of hydrogen-bond acceptors (Lipinski definition) is 1. The number of rotatable bonds is 5. The molecule has 1 nitrogen and oxygen atoms in total. The van der Waals surface area contributed by atoms with E-state index in [9.17, 15) is 0 Å². The summed E-state index contributed by atoms with van der Waals surface area (Å²) in [5.41, 5.74) is 5.87. The van der Waals surface area contributed by atoms with Crippen LogP contribution in [-0.2, 0) is 32.7 Å². The Morgan fingerprint density at radius 3 is 1.33 bits per heavy atom. The Balaban J connectivity index is 0.00000179. The summed E-state index contributed by atoms with van der Waals surface area (Å²) >= 11 is -3.73. The molecule has 0 unspecified atom stereocenters. The Hall–Kier alpha value is -2.67. The van der Waals surface area contributed by atoms with Gasteiger partial charge >= 0.3 is 261 Å². The van der Waals surface area contributed by atoms with Gasteiger partial charge in [0, 0.05) is 0 Å². The van der Waals surface area contributed by atoms with E-state index in [1.54, 1.807) is 6.56 Å². The van der Waals surface area contributed by atoms with Crippen LogP contribution in [0.1, 0.15) is 49.9 Å². The molecule has 2 aliphatic carbocycles. The average molecular weight is 707 g/mol. The molecule has 5 heteroatoms. The maximum absolute atomic E-state index is 5.46. The summed E-state index contributed by atoms with van der Waals surface area (Å²) in [6.45, 7) is 9.52. The summed E-state index contributed by atoms with van der Waals surface area (Å²) in [6, 6.07) is 37.3. The van der Waals surface area contributed by atoms with E-state index in [-0.39, 0.29) is 24.8 Å². The zero-order valence-corrected chi connectivity index (χ0v) is 30.5. The summed E-state index contributed by atoms with van der Waals surface area (Å²) in [5, 5.41) is 10.9. The molecule has 8 rings (SSSR count). The van der Waals surface area contributed by atoms with E-state index < -0.39 is 19.8 Å². The van der Waals surface area contributed by atoms with Crippen molar-refractivity contribution in [2.75, 3.05) is 0 Å². The Labute approximate surface area is 284 Å². The molecule has 0 radical (unpaired) electrons. The number of hydrogen-bond donors (Lipinski definition) is 0. The Kier molecular flexibility index (Phi) is 8.73. The van der Waals surface area contributed by atoms with Gasteiger partial charge in [-0.05, 0) is 0 Å². The van der Waals surface area contributed by atoms with Gasteiger partial charge in [-0.2, -0.15) is 0 Å². The maximum atomic E-state index is 5.46. The van der Waals surface area contributed by atoms with Gasteiger partial charge in [-0.3, -0.25) is 0 Å². The predicted octanol–water partition coefficient (Wildman–Crippen LogP) is 10.6. The van der Waals surface area contributed by atoms with Crippen LogP contribution in [0, 0.1) is 0 Å². The van der Waals surface area contributed by atoms with Crippen molar-refractivity contribution >= 4 is 79.4 Å². The Bertz CT molecular complexity index is 2090. The molecule has 0 fully saturated rings. The van der Waals surface area contributed by atoms with Gasteiger partial charge in [0.05, 0.1) is 0 Å². The fourth-order valence-corrected chi connectivity index (χ4v) is 20.5. The molecule has 0 aromatic heterocycles. The minimum absolute atomic E-state index is 0. The van der Waals surface area contributed by atoms with Gasteiger partial charge < -0.3 is 0 Å². The predicted molar refractivity (Wildman–Crippen MR) is 200 cm³/mol. The van der Waals surface area contributed by atoms with Crippen molar-refractivity contribution in [3.05, 3.63) is 131 Å². The molecule has 0 amide bonds. The van der Waals surface area contributed by atoms with Gasteiger partial charge in [-0.15, -0.1) is 24.8 Å². The van der Waals surface area contributed by atoms with Crippen LogP contribution < -0.4 is 0 Å². The molecule has 45 heavy (non-hydrogen) atoms. The van der Waals surface area contributed by atoms with Crippen LogP contribution in [0.15, 0.2) is 109 Å². The molecule has 0 N–H and O–H groups in total. The SMILES string of the molecule is Cl.Cl.[BH]=[Zr]([C]1=CCc2c1ccc1ccc3ccccc3c21)([C]1=CCc2c1ccc1ccc3ccccc3c21)[N](C(C)C)C(C)C. The molecule has 0 spiro atoms. The van der Waals surface area contributed by atoms with Gasteiger partial charge in [-0.1, -0.05) is 0 Å². The van der Waals surface area contributed by atoms with Crippen molar-refractivity contribution in [1.29, 1.82) is 0 Å². The standard InChI is InChI=1S/2C17H11.C6H14N.BH.2ClH.Zr/c2*1-2-6-15-12(4-1)8-10-14-11-9-13-5-3-7-16(13)17(14)15;1-5(2)7-6(3)4;;;;/h2*1-4,6,8-11H,7H2;5-6H,1-4H3;3*1H;/q;;-1;;;;+1. The molecular formula is C40H39BCl2NZr. The van der Waals surface area contributed by atoms with E-state index in [4.69, 9.17) is 4.94 Å². The summed E-state index contributed by atoms with van der Waals surface area (Å²) in [7, 11) is 0. The van der Waals surface area contributed by atoms with E-state index in [1.807, 2.05) is 0 Å². The molecule has 6 aromatic carbocycles. The quantitative estimate of drug-likeness (QED) is 0.127. The van der Waals surface area contributed by atoms with Crippen LogP contribution in [0.4, 0.5) is 0 Å². The zero-order valence-electron chi connectivity index (χ0n) is 26.4. The summed E-state index contributed by atoms with van der Waals surface area (Å²) < 4.78 is 5.97. The van der Waals surface area contributed by atoms with Gasteiger partial charge in [-0.25, -0.2) is 0 Å². The van der Waals surface area contributed by atoms with Crippen LogP contribution in [0.5, 0.6) is 0 Å². The Morgan fingerprint density at radius 1 is 0.533 bits per heavy atom. The molecule has 6 aromatic rings. The third-order valence-corrected chi connectivity index (χ3v) is 21.5. The van der Waals surface area contributed by atoms with Crippen LogP contribution in [0.25, 0.3) is 49.7 Å². The first-order chi connectivity index (χ1) is 20.9. The first kappa shape index (κ1) is 32.3. The fourth-order valence-electron chi connectivity index (χ4n) is 8.59. The normalized spacial score (nSPS) is 14.2. The molecule has 0 bridgehead atoms. The number of benzene rings is 6. The van der Waals surface area contributed by atoms with Crippen molar-refractivity contribution in [3.8, 4) is 0 Å². The second-order valence-electron chi connectivity index (χ2n) is 13.1. The monoisotopic (exact) mass is 704 g/mol. The van der Waals surface area contributed by atoms with Gasteiger partial charge in [0.25, 0.3) is 0 Å². The van der Waals surface area contributed by atoms with E-state index >= 15 is 0 Å². The molecule has 0 aliphatic heterocycles. The van der Waals surface area contributed by atoms with Crippen LogP contribution in [0.3, 0.4) is 0 Å². The van der Waals surface area contributed by atoms with Crippen LogP contribution in [0.2, 0.25) is 0 Å². The molecule has 0 atom stereocenters. The first-order valence-electron chi connectivity index (χ1n) is 15.8. The van der Waals surface area contributed by atoms with Gasteiger partial charge in [0.15, 0.2) is 0 Å². The topological polar surface area (TPSA) is 3.24 Å². The second kappa shape index (κ2) is 12.2. The van der Waals surface area contributed by atoms with Crippen molar-refractivity contribution < 1.29 is 19.8 Å². The van der Waals surface area contributed by atoms with E-state index in [1.165, 1.54) is 65.3 Å². The fraction of sp³-hybridized carbons (Fsp3) is 0.200. The summed E-state index contributed by atoms with van der Waals surface area (Å²) in [6.07, 6.45) is 7.14. The number of allylic oxidation sites excluding steroid dienone is 2. The van der Waals surface area contributed by atoms with Crippen molar-refractivity contribution in [2.45, 2.75) is 52.6 Å². The van der Waals surface area contributed by atoms with Crippen LogP contribution >= 0.6 is 24.8 Å². The minimum atomic E-state index is -3.73. The van der Waals surface area contributed by atoms with E-state index in [2.05, 4.69) is 140 Å². The average Bonchev–Trinajstić information content (AvgIpc) is 3.66. The second-order valence-corrected chi connectivity index (χ2v) is 21.2. The number of nitrogens with zero attached hydrogens (tertiary/aromatic N) is 1. The molecule has 0 saturated carbocycles. The number of halogens is 2. The molecule has 0 heterocycles. The van der Waals surface area contributed by atoms with E-state index in [0.29, 0.717) is 12.1 Å². The molecular weight excluding hydrogens is 667 g/mol. The van der Waals surface area contributed by atoms with Crippen molar-refractivity contribution in [3.63, 3.8) is 0 Å². The molecule has 2 aliphatic rings. The Morgan fingerprint density at radius 2 is 0.911 bits per heavy atom. The van der Waals surface area contributed by atoms with Crippen molar-refractivity contribution in [2.24, 2.45) is 0 Å². The number of fused-ring (bicyclic) bond motifs is 10. The van der Waals surface area contributed by atoms with Crippen LogP contribution in [-0.4, -0.2) is 19.9 Å². The zero-order chi connectivity index (χ0) is 29.5. The third kappa shape index (κ3) is 4.81. The molecule has 0 saturated heterocycles. The summed E-state index contributed by atoms with van der Waals surface area (Å²) in [4.78, 5) is 5.46. The summed E-state index contributed by atoms with van der Waals surface area (Å²) in [5.74, 6) is 0. The van der Waals surface area contributed by atoms with E-state index in [0.717, 1.165) is 12.8 Å². The molecule has 225 valence electrons.